The number of primary amides is 1. The predicted octanol–water partition coefficient (Wildman–Crippen LogP) is 3.38. The second-order valence-electron chi connectivity index (χ2n) is 5.13. The molecule has 0 aliphatic heterocycles. The van der Waals surface area contributed by atoms with Gasteiger partial charge in [0, 0.05) is 6.54 Å². The monoisotopic (exact) mass is 292 g/mol. The lowest BCUT2D eigenvalue weighted by atomic mass is 9.96. The Labute approximate surface area is 128 Å². The number of nitrogens with two attached hydrogens (primary N) is 1. The molecule has 0 atom stereocenters. The molecular weight excluding hydrogens is 276 g/mol. The molecule has 0 spiro atoms. The Kier molecular flexibility index (Phi) is 3.66. The molecule has 0 bridgehead atoms. The normalized spacial score (nSPS) is 10.5. The van der Waals surface area contributed by atoms with Crippen LogP contribution in [0.4, 0.5) is 4.79 Å². The maximum absolute atomic E-state index is 10.8. The van der Waals surface area contributed by atoms with Crippen LogP contribution in [0.2, 0.25) is 0 Å². The lowest BCUT2D eigenvalue weighted by Gasteiger charge is -2.10. The topological polar surface area (TPSA) is 75.4 Å². The van der Waals surface area contributed by atoms with Gasteiger partial charge in [-0.1, -0.05) is 42.5 Å². The van der Waals surface area contributed by atoms with E-state index < -0.39 is 6.03 Å². The van der Waals surface area contributed by atoms with E-state index in [9.17, 15) is 9.90 Å². The maximum Gasteiger partial charge on any atom is 0.312 e. The summed E-state index contributed by atoms with van der Waals surface area (Å²) in [5.74, 6) is 0.231. The minimum atomic E-state index is -0.548. The molecule has 0 aliphatic rings. The van der Waals surface area contributed by atoms with Crippen molar-refractivity contribution in [3.63, 3.8) is 0 Å². The van der Waals surface area contributed by atoms with Crippen molar-refractivity contribution in [3.05, 3.63) is 66.2 Å². The fourth-order valence-corrected chi connectivity index (χ4v) is 2.57. The van der Waals surface area contributed by atoms with Crippen LogP contribution in [-0.4, -0.2) is 11.1 Å². The molecule has 0 saturated carbocycles. The third-order valence-corrected chi connectivity index (χ3v) is 3.55. The minimum absolute atomic E-state index is 0.231. The molecule has 0 radical (unpaired) electrons. The lowest BCUT2D eigenvalue weighted by molar-refractivity contribution is 0.248. The van der Waals surface area contributed by atoms with Crippen LogP contribution in [0.15, 0.2) is 60.7 Å². The van der Waals surface area contributed by atoms with Crippen molar-refractivity contribution in [2.45, 2.75) is 6.54 Å². The van der Waals surface area contributed by atoms with Crippen molar-refractivity contribution in [1.29, 1.82) is 0 Å². The zero-order chi connectivity index (χ0) is 15.5. The number of amides is 2. The Hall–Kier alpha value is -3.01. The molecule has 2 amide bonds. The summed E-state index contributed by atoms with van der Waals surface area (Å²) in [5.41, 5.74) is 7.99. The Morgan fingerprint density at radius 3 is 2.68 bits per heavy atom. The fourth-order valence-electron chi connectivity index (χ4n) is 2.57. The highest BCUT2D eigenvalue weighted by Crippen LogP contribution is 2.32. The number of carbonyl (C=O) groups excluding carboxylic acids is 1. The first-order valence-electron chi connectivity index (χ1n) is 6.98. The predicted molar refractivity (Wildman–Crippen MR) is 87.5 cm³/mol. The van der Waals surface area contributed by atoms with Gasteiger partial charge in [-0.05, 0) is 45.7 Å². The standard InChI is InChI=1S/C18H16N2O2/c19-18(22)20-11-12-4-3-6-13(8-12)17-10-15(21)9-14-5-1-2-7-16(14)17/h1-10,21H,11H2,(H3,19,20,22). The number of aromatic hydroxyl groups is 1. The van der Waals surface area contributed by atoms with E-state index in [-0.39, 0.29) is 5.75 Å². The molecule has 0 unspecified atom stereocenters. The smallest absolute Gasteiger partial charge is 0.312 e. The van der Waals surface area contributed by atoms with Crippen LogP contribution < -0.4 is 11.1 Å². The quantitative estimate of drug-likeness (QED) is 0.692. The van der Waals surface area contributed by atoms with E-state index in [0.29, 0.717) is 6.54 Å². The van der Waals surface area contributed by atoms with E-state index >= 15 is 0 Å². The fraction of sp³-hybridized carbons (Fsp3) is 0.0556. The average molecular weight is 292 g/mol. The second-order valence-corrected chi connectivity index (χ2v) is 5.13. The Morgan fingerprint density at radius 2 is 1.86 bits per heavy atom. The molecule has 4 N–H and O–H groups in total. The number of nitrogens with one attached hydrogen (secondary N) is 1. The van der Waals surface area contributed by atoms with Crippen LogP contribution >= 0.6 is 0 Å². The van der Waals surface area contributed by atoms with Crippen molar-refractivity contribution in [2.75, 3.05) is 0 Å². The van der Waals surface area contributed by atoms with Gasteiger partial charge in [-0.15, -0.1) is 0 Å². The first-order chi connectivity index (χ1) is 10.6. The van der Waals surface area contributed by atoms with Crippen molar-refractivity contribution in [1.82, 2.24) is 5.32 Å². The summed E-state index contributed by atoms with van der Waals surface area (Å²) >= 11 is 0. The molecule has 0 saturated heterocycles. The largest absolute Gasteiger partial charge is 0.508 e. The van der Waals surface area contributed by atoms with Crippen molar-refractivity contribution in [2.24, 2.45) is 5.73 Å². The van der Waals surface area contributed by atoms with Gasteiger partial charge in [0.1, 0.15) is 5.75 Å². The van der Waals surface area contributed by atoms with Gasteiger partial charge < -0.3 is 16.2 Å². The molecule has 4 heteroatoms. The van der Waals surface area contributed by atoms with Gasteiger partial charge in [0.15, 0.2) is 0 Å². The SMILES string of the molecule is NC(=O)NCc1cccc(-c2cc(O)cc3ccccc23)c1. The number of carbonyl (C=O) groups is 1. The van der Waals surface area contributed by atoms with Gasteiger partial charge in [-0.3, -0.25) is 0 Å². The summed E-state index contributed by atoms with van der Waals surface area (Å²) in [6, 6.07) is 18.7. The first-order valence-corrected chi connectivity index (χ1v) is 6.98. The minimum Gasteiger partial charge on any atom is -0.508 e. The van der Waals surface area contributed by atoms with Crippen LogP contribution in [-0.2, 0) is 6.54 Å². The zero-order valence-electron chi connectivity index (χ0n) is 11.9. The number of hydrogen-bond acceptors (Lipinski definition) is 2. The maximum atomic E-state index is 10.8. The summed E-state index contributed by atoms with van der Waals surface area (Å²) in [4.78, 5) is 10.8. The van der Waals surface area contributed by atoms with Crippen LogP contribution in [0.25, 0.3) is 21.9 Å². The number of hydrogen-bond donors (Lipinski definition) is 3. The number of phenolic OH excluding ortho intramolecular Hbond substituents is 1. The van der Waals surface area contributed by atoms with Gasteiger partial charge in [0.25, 0.3) is 0 Å². The highest BCUT2D eigenvalue weighted by Gasteiger charge is 2.07. The Bertz CT molecular complexity index is 843. The number of urea groups is 1. The summed E-state index contributed by atoms with van der Waals surface area (Å²) in [5, 5.41) is 14.6. The average Bonchev–Trinajstić information content (AvgIpc) is 2.52. The molecule has 22 heavy (non-hydrogen) atoms. The van der Waals surface area contributed by atoms with Gasteiger partial charge in [-0.25, -0.2) is 4.79 Å². The number of phenols is 1. The van der Waals surface area contributed by atoms with Crippen molar-refractivity contribution in [3.8, 4) is 16.9 Å². The molecule has 0 aliphatic carbocycles. The highest BCUT2D eigenvalue weighted by molar-refractivity contribution is 5.97. The van der Waals surface area contributed by atoms with E-state index in [4.69, 9.17) is 5.73 Å². The Balaban J connectivity index is 2.07. The molecule has 0 aromatic heterocycles. The van der Waals surface area contributed by atoms with E-state index in [1.54, 1.807) is 12.1 Å². The van der Waals surface area contributed by atoms with Crippen LogP contribution in [0.1, 0.15) is 5.56 Å². The summed E-state index contributed by atoms with van der Waals surface area (Å²) in [6.45, 7) is 0.375. The lowest BCUT2D eigenvalue weighted by Crippen LogP contribution is -2.28. The Morgan fingerprint density at radius 1 is 1.05 bits per heavy atom. The van der Waals surface area contributed by atoms with Crippen molar-refractivity contribution < 1.29 is 9.90 Å². The number of benzene rings is 3. The van der Waals surface area contributed by atoms with Gasteiger partial charge >= 0.3 is 6.03 Å². The highest BCUT2D eigenvalue weighted by atomic mass is 16.3. The molecule has 4 nitrogen and oxygen atoms in total. The number of rotatable bonds is 3. The van der Waals surface area contributed by atoms with E-state index in [1.165, 1.54) is 0 Å². The number of fused-ring (bicyclic) bond motifs is 1. The van der Waals surface area contributed by atoms with Crippen LogP contribution in [0, 0.1) is 0 Å². The van der Waals surface area contributed by atoms with Crippen LogP contribution in [0.5, 0.6) is 5.75 Å². The van der Waals surface area contributed by atoms with E-state index in [1.807, 2.05) is 48.5 Å². The molecule has 0 fully saturated rings. The third kappa shape index (κ3) is 2.86. The van der Waals surface area contributed by atoms with Gasteiger partial charge in [-0.2, -0.15) is 0 Å². The molecular formula is C18H16N2O2. The molecule has 3 aromatic carbocycles. The van der Waals surface area contributed by atoms with Gasteiger partial charge in [0.05, 0.1) is 0 Å². The molecule has 3 rings (SSSR count). The van der Waals surface area contributed by atoms with E-state index in [0.717, 1.165) is 27.5 Å². The third-order valence-electron chi connectivity index (χ3n) is 3.55. The molecule has 0 heterocycles. The first kappa shape index (κ1) is 13.9. The zero-order valence-corrected chi connectivity index (χ0v) is 11.9. The van der Waals surface area contributed by atoms with Crippen molar-refractivity contribution >= 4 is 16.8 Å². The molecule has 3 aromatic rings. The van der Waals surface area contributed by atoms with Crippen LogP contribution in [0.3, 0.4) is 0 Å². The van der Waals surface area contributed by atoms with Gasteiger partial charge in [0.2, 0.25) is 0 Å². The summed E-state index contributed by atoms with van der Waals surface area (Å²) in [6.07, 6.45) is 0. The summed E-state index contributed by atoms with van der Waals surface area (Å²) in [7, 11) is 0. The second kappa shape index (κ2) is 5.77. The van der Waals surface area contributed by atoms with E-state index in [2.05, 4.69) is 5.32 Å². The molecule has 110 valence electrons. The summed E-state index contributed by atoms with van der Waals surface area (Å²) < 4.78 is 0.